The summed E-state index contributed by atoms with van der Waals surface area (Å²) in [5, 5.41) is 8.61. The fourth-order valence-corrected chi connectivity index (χ4v) is 4.19. The molecule has 3 N–H and O–H groups in total. The summed E-state index contributed by atoms with van der Waals surface area (Å²) in [5.41, 5.74) is 5.77. The molecule has 4 aromatic carbocycles. The highest BCUT2D eigenvalue weighted by Gasteiger charge is 2.16. The monoisotopic (exact) mass is 547 g/mol. The van der Waals surface area contributed by atoms with E-state index in [0.29, 0.717) is 33.8 Å². The molecule has 0 aromatic heterocycles. The van der Waals surface area contributed by atoms with Crippen molar-refractivity contribution in [2.75, 3.05) is 16.0 Å². The van der Waals surface area contributed by atoms with Crippen molar-refractivity contribution in [2.24, 2.45) is 0 Å². The first-order chi connectivity index (χ1) is 19.3. The van der Waals surface area contributed by atoms with Gasteiger partial charge in [0.2, 0.25) is 0 Å². The van der Waals surface area contributed by atoms with Crippen LogP contribution in [0.5, 0.6) is 0 Å². The summed E-state index contributed by atoms with van der Waals surface area (Å²) >= 11 is 0. The quantitative estimate of drug-likeness (QED) is 0.228. The smallest absolute Gasteiger partial charge is 0.255 e. The minimum atomic E-state index is -0.281. The molecule has 3 amide bonds. The third kappa shape index (κ3) is 7.70. The summed E-state index contributed by atoms with van der Waals surface area (Å²) < 4.78 is 0. The van der Waals surface area contributed by atoms with Gasteiger partial charge in [-0.2, -0.15) is 0 Å². The maximum atomic E-state index is 12.8. The van der Waals surface area contributed by atoms with E-state index in [1.54, 1.807) is 48.5 Å². The molecule has 0 aliphatic heterocycles. The van der Waals surface area contributed by atoms with Crippen molar-refractivity contribution in [2.45, 2.75) is 52.4 Å². The standard InChI is InChI=1S/C35H37N3O3/c1-34(2,3)26-13-7-23(8-14-26)31(39)36-28-17-11-25(12-18-28)33(41)38-30-21-19-29(20-22-30)37-32(40)24-9-15-27(16-10-24)35(4,5)6/h7-22H,1-6H3,(H,36,39)(H,37,40)(H,38,41). The Kier molecular flexibility index (Phi) is 8.43. The number of hydrogen-bond donors (Lipinski definition) is 3. The average molecular weight is 548 g/mol. The van der Waals surface area contributed by atoms with E-state index in [2.05, 4.69) is 57.5 Å². The fourth-order valence-electron chi connectivity index (χ4n) is 4.19. The van der Waals surface area contributed by atoms with Crippen LogP contribution in [0.1, 0.15) is 83.7 Å². The number of benzene rings is 4. The fraction of sp³-hybridized carbons (Fsp3) is 0.229. The minimum absolute atomic E-state index is 0.0166. The van der Waals surface area contributed by atoms with Crippen molar-refractivity contribution in [3.05, 3.63) is 125 Å². The van der Waals surface area contributed by atoms with Gasteiger partial charge in [0, 0.05) is 33.8 Å². The molecule has 6 heteroatoms. The van der Waals surface area contributed by atoms with Crippen molar-refractivity contribution >= 4 is 34.8 Å². The van der Waals surface area contributed by atoms with Gasteiger partial charge in [0.15, 0.2) is 0 Å². The second-order valence-corrected chi connectivity index (χ2v) is 12.2. The predicted molar refractivity (Wildman–Crippen MR) is 167 cm³/mol. The molecule has 4 rings (SSSR count). The molecule has 0 aliphatic rings. The summed E-state index contributed by atoms with van der Waals surface area (Å²) in [6.45, 7) is 12.8. The molecule has 0 radical (unpaired) electrons. The van der Waals surface area contributed by atoms with E-state index in [1.807, 2.05) is 48.5 Å². The van der Waals surface area contributed by atoms with Crippen LogP contribution in [0.2, 0.25) is 0 Å². The van der Waals surface area contributed by atoms with Crippen LogP contribution in [0.4, 0.5) is 17.1 Å². The van der Waals surface area contributed by atoms with Crippen LogP contribution < -0.4 is 16.0 Å². The number of anilines is 3. The molecule has 0 aliphatic carbocycles. The van der Waals surface area contributed by atoms with Crippen molar-refractivity contribution in [3.63, 3.8) is 0 Å². The normalized spacial score (nSPS) is 11.5. The predicted octanol–water partition coefficient (Wildman–Crippen LogP) is 8.04. The van der Waals surface area contributed by atoms with E-state index >= 15 is 0 Å². The molecule has 0 saturated carbocycles. The van der Waals surface area contributed by atoms with Gasteiger partial charge in [0.25, 0.3) is 17.7 Å². The van der Waals surface area contributed by atoms with Gasteiger partial charge in [-0.3, -0.25) is 14.4 Å². The molecule has 0 heterocycles. The van der Waals surface area contributed by atoms with Crippen molar-refractivity contribution in [3.8, 4) is 0 Å². The Morgan fingerprint density at radius 2 is 0.610 bits per heavy atom. The first kappa shape index (κ1) is 29.3. The van der Waals surface area contributed by atoms with Crippen LogP contribution in [0.25, 0.3) is 0 Å². The third-order valence-electron chi connectivity index (χ3n) is 6.83. The van der Waals surface area contributed by atoms with Gasteiger partial charge in [-0.05, 0) is 94.8 Å². The zero-order valence-corrected chi connectivity index (χ0v) is 24.5. The lowest BCUT2D eigenvalue weighted by molar-refractivity contribution is 0.101. The number of rotatable bonds is 6. The van der Waals surface area contributed by atoms with Crippen molar-refractivity contribution in [1.82, 2.24) is 0 Å². The Morgan fingerprint density at radius 1 is 0.390 bits per heavy atom. The number of amides is 3. The van der Waals surface area contributed by atoms with Crippen LogP contribution in [-0.4, -0.2) is 17.7 Å². The van der Waals surface area contributed by atoms with Gasteiger partial charge < -0.3 is 16.0 Å². The van der Waals surface area contributed by atoms with Crippen molar-refractivity contribution < 1.29 is 14.4 Å². The van der Waals surface area contributed by atoms with Crippen LogP contribution in [0, 0.1) is 0 Å². The number of nitrogens with one attached hydrogen (secondary N) is 3. The van der Waals surface area contributed by atoms with Crippen molar-refractivity contribution in [1.29, 1.82) is 0 Å². The van der Waals surface area contributed by atoms with Crippen LogP contribution in [0.3, 0.4) is 0 Å². The lowest BCUT2D eigenvalue weighted by Crippen LogP contribution is -2.15. The minimum Gasteiger partial charge on any atom is -0.322 e. The van der Waals surface area contributed by atoms with Gasteiger partial charge in [0.05, 0.1) is 0 Å². The Labute approximate surface area is 242 Å². The topological polar surface area (TPSA) is 87.3 Å². The molecular weight excluding hydrogens is 510 g/mol. The SMILES string of the molecule is CC(C)(C)c1ccc(C(=O)Nc2ccc(NC(=O)c3ccc(NC(=O)c4ccc(C(C)(C)C)cc4)cc3)cc2)cc1. The summed E-state index contributed by atoms with van der Waals surface area (Å²) in [7, 11) is 0. The van der Waals surface area contributed by atoms with Gasteiger partial charge in [-0.1, -0.05) is 65.8 Å². The van der Waals surface area contributed by atoms with Crippen LogP contribution in [0.15, 0.2) is 97.1 Å². The van der Waals surface area contributed by atoms with Gasteiger partial charge in [-0.15, -0.1) is 0 Å². The molecule has 41 heavy (non-hydrogen) atoms. The Hall–Kier alpha value is -4.71. The van der Waals surface area contributed by atoms with E-state index < -0.39 is 0 Å². The average Bonchev–Trinajstić information content (AvgIpc) is 2.93. The third-order valence-corrected chi connectivity index (χ3v) is 6.83. The van der Waals surface area contributed by atoms with E-state index in [9.17, 15) is 14.4 Å². The summed E-state index contributed by atoms with van der Waals surface area (Å²) in [5.74, 6) is -0.690. The maximum Gasteiger partial charge on any atom is 0.255 e. The Morgan fingerprint density at radius 3 is 0.854 bits per heavy atom. The first-order valence-corrected chi connectivity index (χ1v) is 13.6. The lowest BCUT2D eigenvalue weighted by atomic mass is 9.86. The summed E-state index contributed by atoms with van der Waals surface area (Å²) in [6.07, 6.45) is 0. The molecular formula is C35H37N3O3. The second-order valence-electron chi connectivity index (χ2n) is 12.2. The van der Waals surface area contributed by atoms with E-state index in [-0.39, 0.29) is 28.6 Å². The van der Waals surface area contributed by atoms with E-state index in [0.717, 1.165) is 11.1 Å². The van der Waals surface area contributed by atoms with Crippen LogP contribution in [-0.2, 0) is 10.8 Å². The zero-order valence-electron chi connectivity index (χ0n) is 24.5. The largest absolute Gasteiger partial charge is 0.322 e. The molecule has 6 nitrogen and oxygen atoms in total. The lowest BCUT2D eigenvalue weighted by Gasteiger charge is -2.19. The number of carbonyl (C=O) groups is 3. The van der Waals surface area contributed by atoms with E-state index in [4.69, 9.17) is 0 Å². The Bertz CT molecular complexity index is 1520. The molecule has 0 bridgehead atoms. The van der Waals surface area contributed by atoms with Crippen LogP contribution >= 0.6 is 0 Å². The summed E-state index contributed by atoms with van der Waals surface area (Å²) in [6, 6.07) is 28.8. The number of carbonyl (C=O) groups excluding carboxylic acids is 3. The molecule has 0 atom stereocenters. The highest BCUT2D eigenvalue weighted by molar-refractivity contribution is 6.07. The number of hydrogen-bond acceptors (Lipinski definition) is 3. The molecule has 0 saturated heterocycles. The molecule has 0 spiro atoms. The molecule has 0 unspecified atom stereocenters. The maximum absolute atomic E-state index is 12.8. The molecule has 210 valence electrons. The first-order valence-electron chi connectivity index (χ1n) is 13.6. The zero-order chi connectivity index (χ0) is 29.8. The van der Waals surface area contributed by atoms with Gasteiger partial charge in [0.1, 0.15) is 0 Å². The molecule has 0 fully saturated rings. The highest BCUT2D eigenvalue weighted by Crippen LogP contribution is 2.24. The highest BCUT2D eigenvalue weighted by atomic mass is 16.2. The van der Waals surface area contributed by atoms with Gasteiger partial charge >= 0.3 is 0 Å². The molecule has 4 aromatic rings. The van der Waals surface area contributed by atoms with Gasteiger partial charge in [-0.25, -0.2) is 0 Å². The summed E-state index contributed by atoms with van der Waals surface area (Å²) in [4.78, 5) is 38.0. The van der Waals surface area contributed by atoms with E-state index in [1.165, 1.54) is 0 Å². The second kappa shape index (κ2) is 11.8. The Balaban J connectivity index is 1.31.